The van der Waals surface area contributed by atoms with Crippen molar-refractivity contribution in [2.45, 2.75) is 32.5 Å². The standard InChI is InChI=1S/C15H22N2O4/c1-12(18)10-17-14(19)8-5-9-16-15(20)21-11-13-6-3-2-4-7-13/h2-4,6-7,12,18H,5,8-11H2,1H3,(H,16,20)(H,17,19). The Kier molecular flexibility index (Phi) is 7.89. The molecule has 0 saturated heterocycles. The first-order chi connectivity index (χ1) is 10.1. The zero-order valence-electron chi connectivity index (χ0n) is 12.2. The van der Waals surface area contributed by atoms with Crippen LogP contribution in [0.15, 0.2) is 30.3 Å². The summed E-state index contributed by atoms with van der Waals surface area (Å²) in [6, 6.07) is 9.40. The summed E-state index contributed by atoms with van der Waals surface area (Å²) in [5.41, 5.74) is 0.921. The van der Waals surface area contributed by atoms with E-state index in [9.17, 15) is 9.59 Å². The van der Waals surface area contributed by atoms with Crippen LogP contribution in [-0.4, -0.2) is 36.3 Å². The van der Waals surface area contributed by atoms with E-state index in [-0.39, 0.29) is 19.1 Å². The average Bonchev–Trinajstić information content (AvgIpc) is 2.48. The van der Waals surface area contributed by atoms with Crippen molar-refractivity contribution >= 4 is 12.0 Å². The number of ether oxygens (including phenoxy) is 1. The number of aliphatic hydroxyl groups excluding tert-OH is 1. The lowest BCUT2D eigenvalue weighted by atomic mass is 10.2. The molecule has 1 rings (SSSR count). The van der Waals surface area contributed by atoms with E-state index in [1.165, 1.54) is 0 Å². The second-order valence-corrected chi connectivity index (χ2v) is 4.75. The van der Waals surface area contributed by atoms with Gasteiger partial charge in [0.2, 0.25) is 5.91 Å². The highest BCUT2D eigenvalue weighted by Crippen LogP contribution is 2.00. The van der Waals surface area contributed by atoms with Crippen LogP contribution in [0.2, 0.25) is 0 Å². The second-order valence-electron chi connectivity index (χ2n) is 4.75. The molecule has 3 N–H and O–H groups in total. The lowest BCUT2D eigenvalue weighted by Gasteiger charge is -2.08. The predicted molar refractivity (Wildman–Crippen MR) is 78.6 cm³/mol. The molecule has 1 aromatic rings. The van der Waals surface area contributed by atoms with E-state index < -0.39 is 12.2 Å². The molecular formula is C15H22N2O4. The van der Waals surface area contributed by atoms with Crippen molar-refractivity contribution in [3.05, 3.63) is 35.9 Å². The fourth-order valence-corrected chi connectivity index (χ4v) is 1.56. The van der Waals surface area contributed by atoms with Gasteiger partial charge in [0.25, 0.3) is 0 Å². The molecule has 2 amide bonds. The van der Waals surface area contributed by atoms with Crippen molar-refractivity contribution in [2.75, 3.05) is 13.1 Å². The van der Waals surface area contributed by atoms with Gasteiger partial charge in [0.15, 0.2) is 0 Å². The molecule has 1 unspecified atom stereocenters. The van der Waals surface area contributed by atoms with Crippen LogP contribution in [0.1, 0.15) is 25.3 Å². The molecule has 1 aromatic carbocycles. The Morgan fingerprint density at radius 1 is 1.24 bits per heavy atom. The molecule has 0 aromatic heterocycles. The molecule has 0 aliphatic rings. The van der Waals surface area contributed by atoms with E-state index in [2.05, 4.69) is 10.6 Å². The number of carbonyl (C=O) groups is 2. The van der Waals surface area contributed by atoms with Gasteiger partial charge in [-0.2, -0.15) is 0 Å². The maximum absolute atomic E-state index is 11.4. The first-order valence-corrected chi connectivity index (χ1v) is 6.97. The van der Waals surface area contributed by atoms with Crippen molar-refractivity contribution in [1.82, 2.24) is 10.6 Å². The van der Waals surface area contributed by atoms with Crippen LogP contribution in [0.25, 0.3) is 0 Å². The van der Waals surface area contributed by atoms with E-state index in [0.717, 1.165) is 5.56 Å². The molecule has 0 saturated carbocycles. The van der Waals surface area contributed by atoms with Gasteiger partial charge in [-0.05, 0) is 18.9 Å². The van der Waals surface area contributed by atoms with Crippen molar-refractivity contribution in [3.8, 4) is 0 Å². The normalized spacial score (nSPS) is 11.5. The Morgan fingerprint density at radius 3 is 2.62 bits per heavy atom. The van der Waals surface area contributed by atoms with Crippen LogP contribution >= 0.6 is 0 Å². The minimum absolute atomic E-state index is 0.143. The smallest absolute Gasteiger partial charge is 0.407 e. The van der Waals surface area contributed by atoms with Crippen LogP contribution in [0, 0.1) is 0 Å². The lowest BCUT2D eigenvalue weighted by molar-refractivity contribution is -0.121. The summed E-state index contributed by atoms with van der Waals surface area (Å²) in [6.45, 7) is 2.44. The summed E-state index contributed by atoms with van der Waals surface area (Å²) in [5, 5.41) is 14.2. The van der Waals surface area contributed by atoms with Gasteiger partial charge < -0.3 is 20.5 Å². The maximum Gasteiger partial charge on any atom is 0.407 e. The van der Waals surface area contributed by atoms with Gasteiger partial charge >= 0.3 is 6.09 Å². The van der Waals surface area contributed by atoms with Crippen molar-refractivity contribution in [1.29, 1.82) is 0 Å². The number of carbonyl (C=O) groups excluding carboxylic acids is 2. The van der Waals surface area contributed by atoms with Gasteiger partial charge in [0, 0.05) is 19.5 Å². The molecule has 21 heavy (non-hydrogen) atoms. The molecule has 0 heterocycles. The van der Waals surface area contributed by atoms with E-state index >= 15 is 0 Å². The monoisotopic (exact) mass is 294 g/mol. The average molecular weight is 294 g/mol. The fourth-order valence-electron chi connectivity index (χ4n) is 1.56. The quantitative estimate of drug-likeness (QED) is 0.628. The summed E-state index contributed by atoms with van der Waals surface area (Å²) in [4.78, 5) is 22.7. The fraction of sp³-hybridized carbons (Fsp3) is 0.467. The third-order valence-corrected chi connectivity index (χ3v) is 2.66. The zero-order chi connectivity index (χ0) is 15.5. The number of nitrogens with one attached hydrogen (secondary N) is 2. The number of hydrogen-bond acceptors (Lipinski definition) is 4. The summed E-state index contributed by atoms with van der Waals surface area (Å²) >= 11 is 0. The first-order valence-electron chi connectivity index (χ1n) is 6.97. The minimum atomic E-state index is -0.556. The molecule has 0 aliphatic carbocycles. The first kappa shape index (κ1) is 17.0. The van der Waals surface area contributed by atoms with Gasteiger partial charge in [-0.25, -0.2) is 4.79 Å². The number of hydrogen-bond donors (Lipinski definition) is 3. The predicted octanol–water partition coefficient (Wildman–Crippen LogP) is 1.19. The minimum Gasteiger partial charge on any atom is -0.445 e. The molecular weight excluding hydrogens is 272 g/mol. The topological polar surface area (TPSA) is 87.7 Å². The van der Waals surface area contributed by atoms with Gasteiger partial charge in [0.05, 0.1) is 6.10 Å². The molecule has 6 heteroatoms. The molecule has 0 aliphatic heterocycles. The van der Waals surface area contributed by atoms with E-state index in [4.69, 9.17) is 9.84 Å². The third-order valence-electron chi connectivity index (χ3n) is 2.66. The molecule has 116 valence electrons. The molecule has 0 spiro atoms. The van der Waals surface area contributed by atoms with Crippen molar-refractivity contribution in [3.63, 3.8) is 0 Å². The third kappa shape index (κ3) is 8.65. The maximum atomic E-state index is 11.4. The van der Waals surface area contributed by atoms with Crippen LogP contribution in [0.4, 0.5) is 4.79 Å². The SMILES string of the molecule is CC(O)CNC(=O)CCCNC(=O)OCc1ccccc1. The van der Waals surface area contributed by atoms with Crippen LogP contribution in [0.5, 0.6) is 0 Å². The molecule has 0 bridgehead atoms. The van der Waals surface area contributed by atoms with Gasteiger partial charge in [-0.15, -0.1) is 0 Å². The van der Waals surface area contributed by atoms with Crippen LogP contribution in [0.3, 0.4) is 0 Å². The molecule has 6 nitrogen and oxygen atoms in total. The van der Waals surface area contributed by atoms with E-state index in [1.54, 1.807) is 6.92 Å². The summed E-state index contributed by atoms with van der Waals surface area (Å²) in [5.74, 6) is -0.143. The largest absolute Gasteiger partial charge is 0.445 e. The Labute approximate surface area is 124 Å². The Morgan fingerprint density at radius 2 is 1.95 bits per heavy atom. The van der Waals surface area contributed by atoms with Crippen LogP contribution < -0.4 is 10.6 Å². The van der Waals surface area contributed by atoms with Gasteiger partial charge in [-0.3, -0.25) is 4.79 Å². The Hall–Kier alpha value is -2.08. The Balaban J connectivity index is 2.04. The summed E-state index contributed by atoms with van der Waals surface area (Å²) in [7, 11) is 0. The van der Waals surface area contributed by atoms with Crippen LogP contribution in [-0.2, 0) is 16.1 Å². The number of aliphatic hydroxyl groups is 1. The Bertz CT molecular complexity index is 435. The summed E-state index contributed by atoms with van der Waals surface area (Å²) < 4.78 is 5.03. The highest BCUT2D eigenvalue weighted by Gasteiger charge is 2.05. The zero-order valence-corrected chi connectivity index (χ0v) is 12.2. The molecule has 0 fully saturated rings. The highest BCUT2D eigenvalue weighted by atomic mass is 16.5. The highest BCUT2D eigenvalue weighted by molar-refractivity contribution is 5.75. The molecule has 0 radical (unpaired) electrons. The summed E-state index contributed by atoms with van der Waals surface area (Å²) in [6.07, 6.45) is -0.235. The lowest BCUT2D eigenvalue weighted by Crippen LogP contribution is -2.31. The number of amides is 2. The number of rotatable bonds is 8. The molecule has 1 atom stereocenters. The van der Waals surface area contributed by atoms with Crippen molar-refractivity contribution in [2.24, 2.45) is 0 Å². The number of benzene rings is 1. The van der Waals surface area contributed by atoms with E-state index in [1.807, 2.05) is 30.3 Å². The second kappa shape index (κ2) is 9.77. The van der Waals surface area contributed by atoms with Gasteiger partial charge in [0.1, 0.15) is 6.61 Å². The number of alkyl carbamates (subject to hydrolysis) is 1. The van der Waals surface area contributed by atoms with E-state index in [0.29, 0.717) is 19.4 Å². The van der Waals surface area contributed by atoms with Gasteiger partial charge in [-0.1, -0.05) is 30.3 Å². The van der Waals surface area contributed by atoms with Crippen molar-refractivity contribution < 1.29 is 19.4 Å².